The minimum Gasteiger partial charge on any atom is -0.454 e. The number of fused-ring (bicyclic) bond motifs is 2. The molecule has 2 heterocycles. The molecule has 2 aromatic carbocycles. The van der Waals surface area contributed by atoms with Crippen molar-refractivity contribution < 1.29 is 14.2 Å². The Labute approximate surface area is 173 Å². The van der Waals surface area contributed by atoms with E-state index in [0.717, 1.165) is 41.1 Å². The summed E-state index contributed by atoms with van der Waals surface area (Å²) in [6, 6.07) is 13.2. The van der Waals surface area contributed by atoms with Gasteiger partial charge < -0.3 is 19.9 Å². The van der Waals surface area contributed by atoms with Crippen LogP contribution in [0.4, 0.5) is 11.4 Å². The molecule has 0 amide bonds. The monoisotopic (exact) mass is 411 g/mol. The van der Waals surface area contributed by atoms with Gasteiger partial charge in [-0.05, 0) is 41.4 Å². The number of nitrogens with two attached hydrogens (primary N) is 1. The molecule has 1 atom stereocenters. The summed E-state index contributed by atoms with van der Waals surface area (Å²) in [7, 11) is -1.10. The Morgan fingerprint density at radius 3 is 2.83 bits per heavy atom. The van der Waals surface area contributed by atoms with Crippen LogP contribution in [0.3, 0.4) is 0 Å². The second kappa shape index (κ2) is 8.10. The average molecular weight is 412 g/mol. The molecule has 154 valence electrons. The van der Waals surface area contributed by atoms with Crippen LogP contribution in [-0.2, 0) is 4.74 Å². The second-order valence-electron chi connectivity index (χ2n) is 8.67. The molecule has 0 fully saturated rings. The number of anilines is 2. The number of hydrogen-bond donors (Lipinski definition) is 2. The van der Waals surface area contributed by atoms with Crippen LogP contribution in [0.5, 0.6) is 11.5 Å². The van der Waals surface area contributed by atoms with E-state index in [0.29, 0.717) is 6.73 Å². The second-order valence-corrected chi connectivity index (χ2v) is 14.3. The van der Waals surface area contributed by atoms with Gasteiger partial charge in [0.25, 0.3) is 0 Å². The van der Waals surface area contributed by atoms with Crippen LogP contribution < -0.4 is 25.6 Å². The Bertz CT molecular complexity index is 911. The van der Waals surface area contributed by atoms with Gasteiger partial charge in [0.05, 0.1) is 11.7 Å². The number of benzene rings is 2. The fourth-order valence-corrected chi connectivity index (χ4v) is 4.13. The molecule has 0 saturated heterocycles. The maximum Gasteiger partial charge on any atom is 0.231 e. The van der Waals surface area contributed by atoms with E-state index < -0.39 is 8.07 Å². The van der Waals surface area contributed by atoms with E-state index in [9.17, 15) is 0 Å². The lowest BCUT2D eigenvalue weighted by atomic mass is 10.0. The highest BCUT2D eigenvalue weighted by atomic mass is 28.3. The summed E-state index contributed by atoms with van der Waals surface area (Å²) in [5.74, 6) is 1.58. The Morgan fingerprint density at radius 2 is 2.00 bits per heavy atom. The van der Waals surface area contributed by atoms with E-state index in [2.05, 4.69) is 43.3 Å². The molecule has 2 aliphatic heterocycles. The zero-order chi connectivity index (χ0) is 20.4. The van der Waals surface area contributed by atoms with Crippen LogP contribution in [0, 0.1) is 0 Å². The zero-order valence-electron chi connectivity index (χ0n) is 17.3. The minimum absolute atomic E-state index is 0.0524. The van der Waals surface area contributed by atoms with Crippen molar-refractivity contribution in [2.75, 3.05) is 30.9 Å². The lowest BCUT2D eigenvalue weighted by Crippen LogP contribution is -2.36. The van der Waals surface area contributed by atoms with Crippen LogP contribution >= 0.6 is 0 Å². The van der Waals surface area contributed by atoms with E-state index in [1.807, 2.05) is 35.3 Å². The van der Waals surface area contributed by atoms with Crippen molar-refractivity contribution in [2.24, 2.45) is 0 Å². The summed E-state index contributed by atoms with van der Waals surface area (Å²) in [6.07, 6.45) is 4.24. The van der Waals surface area contributed by atoms with Crippen LogP contribution in [0.25, 0.3) is 6.08 Å². The summed E-state index contributed by atoms with van der Waals surface area (Å²) in [6.45, 7) is 8.64. The fraction of sp³-hybridized carbons (Fsp3) is 0.364. The van der Waals surface area contributed by atoms with Crippen LogP contribution in [0.15, 0.2) is 42.5 Å². The van der Waals surface area contributed by atoms with E-state index in [4.69, 9.17) is 19.9 Å². The first-order valence-corrected chi connectivity index (χ1v) is 13.7. The van der Waals surface area contributed by atoms with Crippen LogP contribution in [0.1, 0.15) is 17.2 Å². The third-order valence-electron chi connectivity index (χ3n) is 5.07. The smallest absolute Gasteiger partial charge is 0.231 e. The predicted molar refractivity (Wildman–Crippen MR) is 120 cm³/mol. The average Bonchev–Trinajstić information content (AvgIpc) is 3.26. The van der Waals surface area contributed by atoms with Crippen molar-refractivity contribution in [3.8, 4) is 11.5 Å². The summed E-state index contributed by atoms with van der Waals surface area (Å²) < 4.78 is 16.8. The largest absolute Gasteiger partial charge is 0.454 e. The number of ether oxygens (including phenoxy) is 3. The van der Waals surface area contributed by atoms with E-state index in [1.54, 1.807) is 0 Å². The molecule has 7 heteroatoms. The molecule has 0 spiro atoms. The summed E-state index contributed by atoms with van der Waals surface area (Å²) in [5.41, 5.74) is 13.6. The summed E-state index contributed by atoms with van der Waals surface area (Å²) >= 11 is 0. The first kappa shape index (κ1) is 19.8. The molecule has 6 nitrogen and oxygen atoms in total. The lowest BCUT2D eigenvalue weighted by Gasteiger charge is -2.22. The highest BCUT2D eigenvalue weighted by Crippen LogP contribution is 2.36. The van der Waals surface area contributed by atoms with Crippen LogP contribution in [0.2, 0.25) is 25.7 Å². The van der Waals surface area contributed by atoms with Gasteiger partial charge in [-0.1, -0.05) is 43.9 Å². The minimum atomic E-state index is -1.10. The molecule has 0 aliphatic carbocycles. The first-order valence-electron chi connectivity index (χ1n) is 9.98. The summed E-state index contributed by atoms with van der Waals surface area (Å²) in [5, 5.41) is 2.05. The highest BCUT2D eigenvalue weighted by molar-refractivity contribution is 6.76. The quantitative estimate of drug-likeness (QED) is 0.400. The highest BCUT2D eigenvalue weighted by Gasteiger charge is 2.27. The third-order valence-corrected chi connectivity index (χ3v) is 6.77. The number of hydrogen-bond acceptors (Lipinski definition) is 6. The molecule has 0 radical (unpaired) electrons. The van der Waals surface area contributed by atoms with E-state index in [1.165, 1.54) is 5.56 Å². The van der Waals surface area contributed by atoms with Gasteiger partial charge in [-0.3, -0.25) is 5.01 Å². The Balaban J connectivity index is 1.45. The first-order chi connectivity index (χ1) is 13.9. The standard InChI is InChI=1S/C22H29N3O3Si/c1-29(2,3)11-10-26-14-25-20-13-17(23)6-7-18(20)19(24-25)8-4-16-5-9-21-22(12-16)28-15-27-21/h4-9,12-13,19,24H,10-11,14-15,23H2,1-3H3. The molecule has 2 aliphatic rings. The van der Waals surface area contributed by atoms with Gasteiger partial charge in [0, 0.05) is 20.4 Å². The molecule has 0 saturated carbocycles. The molecular weight excluding hydrogens is 382 g/mol. The number of nitrogens with one attached hydrogen (secondary N) is 1. The predicted octanol–water partition coefficient (Wildman–Crippen LogP) is 4.39. The van der Waals surface area contributed by atoms with Gasteiger partial charge in [0.1, 0.15) is 6.73 Å². The van der Waals surface area contributed by atoms with Crippen LogP contribution in [-0.4, -0.2) is 28.2 Å². The normalized spacial score (nSPS) is 17.9. The number of nitrogens with zero attached hydrogens (tertiary/aromatic N) is 1. The Kier molecular flexibility index (Phi) is 5.53. The maximum absolute atomic E-state index is 6.03. The molecule has 1 unspecified atom stereocenters. The SMILES string of the molecule is C[Si](C)(C)CCOCN1NC(C=Cc2ccc3c(c2)OCO3)c2ccc(N)cc21. The van der Waals surface area contributed by atoms with Crippen molar-refractivity contribution in [1.82, 2.24) is 5.43 Å². The molecule has 4 rings (SSSR count). The van der Waals surface area contributed by atoms with Gasteiger partial charge in [0.2, 0.25) is 6.79 Å². The van der Waals surface area contributed by atoms with Crippen molar-refractivity contribution in [1.29, 1.82) is 0 Å². The maximum atomic E-state index is 6.03. The molecule has 29 heavy (non-hydrogen) atoms. The van der Waals surface area contributed by atoms with Gasteiger partial charge in [-0.2, -0.15) is 0 Å². The van der Waals surface area contributed by atoms with Gasteiger partial charge in [-0.15, -0.1) is 0 Å². The summed E-state index contributed by atoms with van der Waals surface area (Å²) in [4.78, 5) is 0. The fourth-order valence-electron chi connectivity index (χ4n) is 3.38. The topological polar surface area (TPSA) is 69.0 Å². The van der Waals surface area contributed by atoms with Crippen molar-refractivity contribution in [2.45, 2.75) is 31.7 Å². The number of rotatable bonds is 7. The van der Waals surface area contributed by atoms with Crippen molar-refractivity contribution in [3.05, 3.63) is 53.6 Å². The van der Waals surface area contributed by atoms with E-state index >= 15 is 0 Å². The molecular formula is C22H29N3O3Si. The zero-order valence-corrected chi connectivity index (χ0v) is 18.3. The Morgan fingerprint density at radius 1 is 1.17 bits per heavy atom. The number of nitrogen functional groups attached to an aromatic ring is 1. The molecule has 3 N–H and O–H groups in total. The van der Waals surface area contributed by atoms with Gasteiger partial charge in [-0.25, -0.2) is 5.43 Å². The Hall–Kier alpha value is -2.48. The van der Waals surface area contributed by atoms with Crippen molar-refractivity contribution >= 4 is 25.5 Å². The number of hydrazine groups is 1. The van der Waals surface area contributed by atoms with Gasteiger partial charge >= 0.3 is 0 Å². The molecule has 0 bridgehead atoms. The molecule has 2 aromatic rings. The third kappa shape index (κ3) is 4.75. The lowest BCUT2D eigenvalue weighted by molar-refractivity contribution is 0.140. The van der Waals surface area contributed by atoms with Crippen molar-refractivity contribution in [3.63, 3.8) is 0 Å². The molecule has 0 aromatic heterocycles. The van der Waals surface area contributed by atoms with Gasteiger partial charge in [0.15, 0.2) is 11.5 Å². The van der Waals surface area contributed by atoms with E-state index in [-0.39, 0.29) is 12.8 Å².